The molecule has 0 saturated heterocycles. The molecular weight excluding hydrogens is 581 g/mol. The number of rotatable bonds is 5. The zero-order valence-electron chi connectivity index (χ0n) is 26.7. The van der Waals surface area contributed by atoms with Crippen molar-refractivity contribution in [3.05, 3.63) is 176 Å². The van der Waals surface area contributed by atoms with Gasteiger partial charge in [-0.15, -0.1) is 0 Å². The van der Waals surface area contributed by atoms with Gasteiger partial charge in [0.1, 0.15) is 5.82 Å². The van der Waals surface area contributed by atoms with Crippen LogP contribution in [0, 0.1) is 6.92 Å². The lowest BCUT2D eigenvalue weighted by atomic mass is 9.89. The zero-order valence-corrected chi connectivity index (χ0v) is 26.7. The zero-order chi connectivity index (χ0) is 32.2. The lowest BCUT2D eigenvalue weighted by molar-refractivity contribution is 1.09. The van der Waals surface area contributed by atoms with Crippen LogP contribution in [0.5, 0.6) is 0 Å². The van der Waals surface area contributed by atoms with Crippen LogP contribution in [0.4, 0.5) is 0 Å². The van der Waals surface area contributed by atoms with Crippen LogP contribution >= 0.6 is 0 Å². The minimum absolute atomic E-state index is 0.909. The maximum absolute atomic E-state index is 5.14. The average molecular weight is 613 g/mol. The third-order valence-electron chi connectivity index (χ3n) is 9.79. The van der Waals surface area contributed by atoms with Crippen molar-refractivity contribution in [2.24, 2.45) is 0 Å². The Morgan fingerprint density at radius 2 is 1.25 bits per heavy atom. The average Bonchev–Trinajstić information content (AvgIpc) is 3.50. The van der Waals surface area contributed by atoms with E-state index in [0.29, 0.717) is 0 Å². The molecule has 0 aliphatic heterocycles. The Morgan fingerprint density at radius 3 is 2.00 bits per heavy atom. The highest BCUT2D eigenvalue weighted by molar-refractivity contribution is 6.32. The molecule has 0 unspecified atom stereocenters. The van der Waals surface area contributed by atoms with Crippen molar-refractivity contribution in [3.63, 3.8) is 0 Å². The maximum Gasteiger partial charge on any atom is 0.137 e. The second kappa shape index (κ2) is 11.2. The second-order valence-electron chi connectivity index (χ2n) is 12.4. The van der Waals surface area contributed by atoms with Gasteiger partial charge in [0, 0.05) is 27.9 Å². The van der Waals surface area contributed by atoms with Crippen LogP contribution in [0.1, 0.15) is 11.1 Å². The Labute approximate surface area is 279 Å². The molecule has 226 valence electrons. The van der Waals surface area contributed by atoms with Crippen molar-refractivity contribution < 1.29 is 0 Å². The molecule has 7 aromatic carbocycles. The van der Waals surface area contributed by atoms with E-state index < -0.39 is 0 Å². The van der Waals surface area contributed by atoms with Gasteiger partial charge in [0.2, 0.25) is 0 Å². The summed E-state index contributed by atoms with van der Waals surface area (Å²) in [6.07, 6.45) is 8.05. The molecule has 0 N–H and O–H groups in total. The molecule has 48 heavy (non-hydrogen) atoms. The molecule has 2 aromatic heterocycles. The number of nitrogens with zero attached hydrogens (tertiary/aromatic N) is 2. The summed E-state index contributed by atoms with van der Waals surface area (Å²) in [7, 11) is 0. The highest BCUT2D eigenvalue weighted by atomic mass is 15.1. The van der Waals surface area contributed by atoms with Gasteiger partial charge in [-0.3, -0.25) is 4.57 Å². The van der Waals surface area contributed by atoms with Crippen molar-refractivity contribution in [1.82, 2.24) is 9.55 Å². The van der Waals surface area contributed by atoms with Crippen molar-refractivity contribution >= 4 is 60.2 Å². The van der Waals surface area contributed by atoms with Gasteiger partial charge in [-0.05, 0) is 92.0 Å². The summed E-state index contributed by atoms with van der Waals surface area (Å²) in [5.41, 5.74) is 9.49. The molecule has 0 aliphatic carbocycles. The number of benzene rings is 7. The number of hydrogen-bond acceptors (Lipinski definition) is 1. The largest absolute Gasteiger partial charge is 0.293 e. The quantitative estimate of drug-likeness (QED) is 0.140. The lowest BCUT2D eigenvalue weighted by Gasteiger charge is -2.15. The SMILES string of the molecule is C=C/C=C\c1c(-c2ccccc2)cc2ccc(-c3ccc(-n4c5ccccc5c5c6ccccc6c6ccccc6c54)nc3)cc2c1C. The molecule has 0 bridgehead atoms. The Kier molecular flexibility index (Phi) is 6.55. The summed E-state index contributed by atoms with van der Waals surface area (Å²) < 4.78 is 2.34. The molecule has 2 heteroatoms. The molecular formula is C46H32N2. The monoisotopic (exact) mass is 612 g/mol. The third kappa shape index (κ3) is 4.30. The minimum Gasteiger partial charge on any atom is -0.293 e. The summed E-state index contributed by atoms with van der Waals surface area (Å²) in [5.74, 6) is 0.909. The molecule has 9 aromatic rings. The predicted octanol–water partition coefficient (Wildman–Crippen LogP) is 12.5. The van der Waals surface area contributed by atoms with E-state index in [-0.39, 0.29) is 0 Å². The number of allylic oxidation sites excluding steroid dienone is 2. The lowest BCUT2D eigenvalue weighted by Crippen LogP contribution is -1.98. The summed E-state index contributed by atoms with van der Waals surface area (Å²) in [6.45, 7) is 6.14. The number of para-hydroxylation sites is 1. The number of aromatic nitrogens is 2. The number of pyridine rings is 1. The molecule has 0 aliphatic rings. The highest BCUT2D eigenvalue weighted by Crippen LogP contribution is 2.42. The van der Waals surface area contributed by atoms with Crippen LogP contribution in [-0.2, 0) is 0 Å². The first-order valence-corrected chi connectivity index (χ1v) is 16.4. The van der Waals surface area contributed by atoms with Crippen LogP contribution in [0.2, 0.25) is 0 Å². The fourth-order valence-electron chi connectivity index (χ4n) is 7.56. The maximum atomic E-state index is 5.14. The van der Waals surface area contributed by atoms with Crippen LogP contribution < -0.4 is 0 Å². The Balaban J connectivity index is 1.22. The summed E-state index contributed by atoms with van der Waals surface area (Å²) in [6, 6.07) is 50.3. The van der Waals surface area contributed by atoms with Gasteiger partial charge in [-0.25, -0.2) is 4.98 Å². The number of fused-ring (bicyclic) bond motifs is 9. The second-order valence-corrected chi connectivity index (χ2v) is 12.4. The van der Waals surface area contributed by atoms with Gasteiger partial charge in [0.05, 0.1) is 11.0 Å². The first-order chi connectivity index (χ1) is 23.7. The molecule has 2 nitrogen and oxygen atoms in total. The summed E-state index contributed by atoms with van der Waals surface area (Å²) in [4.78, 5) is 5.14. The third-order valence-corrected chi connectivity index (χ3v) is 9.79. The van der Waals surface area contributed by atoms with Gasteiger partial charge in [-0.1, -0.05) is 134 Å². The van der Waals surface area contributed by atoms with Crippen LogP contribution in [0.3, 0.4) is 0 Å². The Morgan fingerprint density at radius 1 is 0.583 bits per heavy atom. The molecule has 0 fully saturated rings. The normalized spacial score (nSPS) is 11.9. The van der Waals surface area contributed by atoms with Gasteiger partial charge in [-0.2, -0.15) is 0 Å². The van der Waals surface area contributed by atoms with Crippen LogP contribution in [0.15, 0.2) is 164 Å². The number of hydrogen-bond donors (Lipinski definition) is 0. The van der Waals surface area contributed by atoms with Gasteiger partial charge >= 0.3 is 0 Å². The van der Waals surface area contributed by atoms with E-state index in [1.54, 1.807) is 0 Å². The molecule has 0 radical (unpaired) electrons. The molecule has 0 atom stereocenters. The first-order valence-electron chi connectivity index (χ1n) is 16.4. The molecule has 9 rings (SSSR count). The minimum atomic E-state index is 0.909. The van der Waals surface area contributed by atoms with Gasteiger partial charge in [0.25, 0.3) is 0 Å². The summed E-state index contributed by atoms with van der Waals surface area (Å²) >= 11 is 0. The molecule has 0 saturated carbocycles. The fourth-order valence-corrected chi connectivity index (χ4v) is 7.56. The first kappa shape index (κ1) is 28.0. The topological polar surface area (TPSA) is 17.8 Å². The van der Waals surface area contributed by atoms with Gasteiger partial charge < -0.3 is 0 Å². The van der Waals surface area contributed by atoms with Gasteiger partial charge in [0.15, 0.2) is 0 Å². The van der Waals surface area contributed by atoms with E-state index in [0.717, 1.165) is 22.5 Å². The molecule has 2 heterocycles. The predicted molar refractivity (Wildman–Crippen MR) is 206 cm³/mol. The fraction of sp³-hybridized carbons (Fsp3) is 0.0217. The van der Waals surface area contributed by atoms with E-state index in [4.69, 9.17) is 4.98 Å². The molecule has 0 amide bonds. The number of aryl methyl sites for hydroxylation is 1. The van der Waals surface area contributed by atoms with Crippen molar-refractivity contribution in [2.45, 2.75) is 6.92 Å². The van der Waals surface area contributed by atoms with E-state index in [2.05, 4.69) is 164 Å². The van der Waals surface area contributed by atoms with E-state index in [1.165, 1.54) is 70.9 Å². The van der Waals surface area contributed by atoms with Crippen LogP contribution in [-0.4, -0.2) is 9.55 Å². The highest BCUT2D eigenvalue weighted by Gasteiger charge is 2.19. The van der Waals surface area contributed by atoms with Crippen molar-refractivity contribution in [3.8, 4) is 28.1 Å². The van der Waals surface area contributed by atoms with Crippen LogP contribution in [0.25, 0.3) is 88.3 Å². The van der Waals surface area contributed by atoms with E-state index in [1.807, 2.05) is 18.3 Å². The standard InChI is InChI=1S/C46H32N2/c1-3-4-16-35-30(2)41-27-32(23-24-33(41)28-42(35)31-14-6-5-7-15-31)34-25-26-44(47-29-34)48-43-22-13-12-21-40(43)45-38-19-10-8-17-36(38)37-18-9-11-20-39(37)46(45)48/h3-29H,1H2,2H3/b16-4-. The molecule has 0 spiro atoms. The summed E-state index contributed by atoms with van der Waals surface area (Å²) in [5, 5.41) is 9.99. The van der Waals surface area contributed by atoms with Crippen molar-refractivity contribution in [2.75, 3.05) is 0 Å². The smallest absolute Gasteiger partial charge is 0.137 e. The van der Waals surface area contributed by atoms with E-state index >= 15 is 0 Å². The van der Waals surface area contributed by atoms with E-state index in [9.17, 15) is 0 Å². The Hall–Kier alpha value is -6.25. The van der Waals surface area contributed by atoms with Crippen molar-refractivity contribution in [1.29, 1.82) is 0 Å². The Bertz CT molecular complexity index is 2730.